The molecule has 1 aliphatic rings. The number of hydrogen-bond acceptors (Lipinski definition) is 2. The normalized spacial score (nSPS) is 24.9. The van der Waals surface area contributed by atoms with Gasteiger partial charge in [0.15, 0.2) is 0 Å². The minimum atomic E-state index is -4.33. The van der Waals surface area contributed by atoms with Crippen molar-refractivity contribution in [2.75, 3.05) is 13.1 Å². The molecule has 2 N–H and O–H groups in total. The number of amides is 1. The second-order valence-corrected chi connectivity index (χ2v) is 5.00. The van der Waals surface area contributed by atoms with Gasteiger partial charge in [0.1, 0.15) is 6.54 Å². The first-order valence-corrected chi connectivity index (χ1v) is 6.44. The molecule has 0 heterocycles. The van der Waals surface area contributed by atoms with Crippen LogP contribution >= 0.6 is 0 Å². The van der Waals surface area contributed by atoms with E-state index in [-0.39, 0.29) is 24.4 Å². The van der Waals surface area contributed by atoms with Gasteiger partial charge in [0.25, 0.3) is 0 Å². The van der Waals surface area contributed by atoms with Gasteiger partial charge in [-0.15, -0.1) is 0 Å². The van der Waals surface area contributed by atoms with Gasteiger partial charge in [-0.25, -0.2) is 0 Å². The standard InChI is InChI=1S/C12H21F3N2O/c1-2-6-17(8-12(13,14)15)11(18)9-4-3-5-10(16)7-9/h9-10H,2-8,16H2,1H3. The summed E-state index contributed by atoms with van der Waals surface area (Å²) in [4.78, 5) is 13.0. The zero-order valence-electron chi connectivity index (χ0n) is 10.7. The van der Waals surface area contributed by atoms with E-state index in [4.69, 9.17) is 5.73 Å². The third-order valence-electron chi connectivity index (χ3n) is 3.24. The first kappa shape index (κ1) is 15.3. The maximum atomic E-state index is 12.4. The van der Waals surface area contributed by atoms with Gasteiger partial charge in [0.2, 0.25) is 5.91 Å². The second-order valence-electron chi connectivity index (χ2n) is 5.00. The maximum Gasteiger partial charge on any atom is 0.406 e. The molecular formula is C12H21F3N2O. The van der Waals surface area contributed by atoms with Crippen LogP contribution in [0, 0.1) is 5.92 Å². The van der Waals surface area contributed by atoms with E-state index in [9.17, 15) is 18.0 Å². The zero-order chi connectivity index (χ0) is 13.8. The Hall–Kier alpha value is -0.780. The second kappa shape index (κ2) is 6.41. The molecule has 0 aliphatic heterocycles. The van der Waals surface area contributed by atoms with Gasteiger partial charge in [-0.2, -0.15) is 13.2 Å². The maximum absolute atomic E-state index is 12.4. The highest BCUT2D eigenvalue weighted by Crippen LogP contribution is 2.26. The van der Waals surface area contributed by atoms with E-state index < -0.39 is 12.7 Å². The van der Waals surface area contributed by atoms with Crippen molar-refractivity contribution in [1.29, 1.82) is 0 Å². The van der Waals surface area contributed by atoms with Crippen molar-refractivity contribution in [3.05, 3.63) is 0 Å². The van der Waals surface area contributed by atoms with Crippen LogP contribution in [0.2, 0.25) is 0 Å². The van der Waals surface area contributed by atoms with E-state index in [1.807, 2.05) is 0 Å². The summed E-state index contributed by atoms with van der Waals surface area (Å²) >= 11 is 0. The molecule has 106 valence electrons. The molecule has 0 spiro atoms. The van der Waals surface area contributed by atoms with Crippen molar-refractivity contribution in [2.24, 2.45) is 11.7 Å². The summed E-state index contributed by atoms with van der Waals surface area (Å²) in [6, 6.07) is -0.0536. The first-order chi connectivity index (χ1) is 8.33. The van der Waals surface area contributed by atoms with Crippen LogP contribution in [-0.4, -0.2) is 36.1 Å². The third kappa shape index (κ3) is 4.84. The minimum absolute atomic E-state index is 0.0536. The Labute approximate surface area is 106 Å². The summed E-state index contributed by atoms with van der Waals surface area (Å²) in [7, 11) is 0. The van der Waals surface area contributed by atoms with Gasteiger partial charge in [-0.1, -0.05) is 13.3 Å². The highest BCUT2D eigenvalue weighted by Gasteiger charge is 2.36. The number of halogens is 3. The minimum Gasteiger partial charge on any atom is -0.333 e. The highest BCUT2D eigenvalue weighted by molar-refractivity contribution is 5.79. The lowest BCUT2D eigenvalue weighted by Gasteiger charge is -2.31. The topological polar surface area (TPSA) is 46.3 Å². The summed E-state index contributed by atoms with van der Waals surface area (Å²) in [6.45, 7) is 0.777. The molecule has 1 fully saturated rings. The molecule has 0 aromatic carbocycles. The lowest BCUT2D eigenvalue weighted by Crippen LogP contribution is -2.45. The van der Waals surface area contributed by atoms with E-state index >= 15 is 0 Å². The van der Waals surface area contributed by atoms with Crippen LogP contribution in [0.4, 0.5) is 13.2 Å². The molecule has 2 unspecified atom stereocenters. The average molecular weight is 266 g/mol. The Morgan fingerprint density at radius 2 is 2.06 bits per heavy atom. The van der Waals surface area contributed by atoms with Crippen LogP contribution in [0.15, 0.2) is 0 Å². The molecule has 0 bridgehead atoms. The van der Waals surface area contributed by atoms with E-state index in [1.54, 1.807) is 6.92 Å². The van der Waals surface area contributed by atoms with Gasteiger partial charge in [-0.3, -0.25) is 4.79 Å². The van der Waals surface area contributed by atoms with Crippen molar-refractivity contribution in [3.8, 4) is 0 Å². The fourth-order valence-corrected chi connectivity index (χ4v) is 2.46. The molecule has 0 radical (unpaired) electrons. The van der Waals surface area contributed by atoms with Crippen molar-refractivity contribution in [2.45, 2.75) is 51.2 Å². The largest absolute Gasteiger partial charge is 0.406 e. The smallest absolute Gasteiger partial charge is 0.333 e. The Bertz CT molecular complexity index is 281. The Balaban J connectivity index is 2.63. The van der Waals surface area contributed by atoms with Gasteiger partial charge < -0.3 is 10.6 Å². The van der Waals surface area contributed by atoms with Gasteiger partial charge in [0.05, 0.1) is 0 Å². The van der Waals surface area contributed by atoms with Crippen LogP contribution in [0.5, 0.6) is 0 Å². The lowest BCUT2D eigenvalue weighted by molar-refractivity contribution is -0.164. The number of carbonyl (C=O) groups is 1. The van der Waals surface area contributed by atoms with Crippen molar-refractivity contribution in [3.63, 3.8) is 0 Å². The van der Waals surface area contributed by atoms with Crippen molar-refractivity contribution >= 4 is 5.91 Å². The molecule has 1 aliphatic carbocycles. The number of hydrogen-bond donors (Lipinski definition) is 1. The monoisotopic (exact) mass is 266 g/mol. The fraction of sp³-hybridized carbons (Fsp3) is 0.917. The van der Waals surface area contributed by atoms with Gasteiger partial charge in [0, 0.05) is 18.5 Å². The number of carbonyl (C=O) groups excluding carboxylic acids is 1. The first-order valence-electron chi connectivity index (χ1n) is 6.44. The summed E-state index contributed by atoms with van der Waals surface area (Å²) in [5.41, 5.74) is 5.77. The van der Waals surface area contributed by atoms with Crippen molar-refractivity contribution < 1.29 is 18.0 Å². The summed E-state index contributed by atoms with van der Waals surface area (Å²) in [5, 5.41) is 0. The van der Waals surface area contributed by atoms with E-state index in [0.29, 0.717) is 19.3 Å². The molecule has 0 saturated heterocycles. The third-order valence-corrected chi connectivity index (χ3v) is 3.24. The predicted octanol–water partition coefficient (Wildman–Crippen LogP) is 2.30. The molecule has 18 heavy (non-hydrogen) atoms. The fourth-order valence-electron chi connectivity index (χ4n) is 2.46. The molecule has 1 rings (SSSR count). The Kier molecular flexibility index (Phi) is 5.44. The molecule has 1 amide bonds. The molecular weight excluding hydrogens is 245 g/mol. The number of alkyl halides is 3. The molecule has 0 aromatic heterocycles. The average Bonchev–Trinajstić information content (AvgIpc) is 2.26. The van der Waals surface area contributed by atoms with E-state index in [2.05, 4.69) is 0 Å². The zero-order valence-corrected chi connectivity index (χ0v) is 10.7. The predicted molar refractivity (Wildman–Crippen MR) is 62.9 cm³/mol. The highest BCUT2D eigenvalue weighted by atomic mass is 19.4. The van der Waals surface area contributed by atoms with Gasteiger partial charge >= 0.3 is 6.18 Å². The molecule has 0 aromatic rings. The molecule has 3 nitrogen and oxygen atoms in total. The molecule has 6 heteroatoms. The number of nitrogens with two attached hydrogens (primary N) is 1. The lowest BCUT2D eigenvalue weighted by atomic mass is 9.85. The van der Waals surface area contributed by atoms with Gasteiger partial charge in [-0.05, 0) is 25.7 Å². The number of nitrogens with zero attached hydrogens (tertiary/aromatic N) is 1. The van der Waals surface area contributed by atoms with E-state index in [0.717, 1.165) is 17.7 Å². The van der Waals surface area contributed by atoms with E-state index in [1.165, 1.54) is 0 Å². The van der Waals surface area contributed by atoms with Crippen LogP contribution in [0.1, 0.15) is 39.0 Å². The SMILES string of the molecule is CCCN(CC(F)(F)F)C(=O)C1CCCC(N)C1. The van der Waals surface area contributed by atoms with Crippen LogP contribution in [0.3, 0.4) is 0 Å². The summed E-state index contributed by atoms with van der Waals surface area (Å²) in [6.07, 6.45) is -0.954. The van der Waals surface area contributed by atoms with Crippen molar-refractivity contribution in [1.82, 2.24) is 4.90 Å². The number of rotatable bonds is 4. The Morgan fingerprint density at radius 1 is 1.39 bits per heavy atom. The Morgan fingerprint density at radius 3 is 2.56 bits per heavy atom. The summed E-state index contributed by atoms with van der Waals surface area (Å²) in [5.74, 6) is -0.716. The molecule has 1 saturated carbocycles. The van der Waals surface area contributed by atoms with Crippen LogP contribution in [0.25, 0.3) is 0 Å². The quantitative estimate of drug-likeness (QED) is 0.848. The van der Waals surface area contributed by atoms with Crippen LogP contribution in [-0.2, 0) is 4.79 Å². The van der Waals surface area contributed by atoms with Crippen LogP contribution < -0.4 is 5.73 Å². The summed E-state index contributed by atoms with van der Waals surface area (Å²) < 4.78 is 37.2. The molecule has 2 atom stereocenters.